The number of amides is 2. The van der Waals surface area contributed by atoms with Gasteiger partial charge in [-0.25, -0.2) is 0 Å². The van der Waals surface area contributed by atoms with E-state index in [0.717, 1.165) is 11.1 Å². The van der Waals surface area contributed by atoms with E-state index in [9.17, 15) is 9.59 Å². The van der Waals surface area contributed by atoms with Gasteiger partial charge in [0.15, 0.2) is 0 Å². The van der Waals surface area contributed by atoms with Gasteiger partial charge in [0.1, 0.15) is 6.04 Å². The molecular formula is C19H20Cl2N2O2. The zero-order valence-corrected chi connectivity index (χ0v) is 15.9. The minimum atomic E-state index is -0.638. The standard InChI is InChI=1S/C19H20Cl2N2O2/c1-12-5-4-6-15(9-12)18(24)22-13(2)19(25)23(3)11-14-7-8-16(20)17(21)10-14/h4-10,13H,11H2,1-3H3,(H,22,24). The third kappa shape index (κ3) is 5.21. The van der Waals surface area contributed by atoms with Gasteiger partial charge in [-0.3, -0.25) is 9.59 Å². The number of aryl methyl sites for hydroxylation is 1. The molecular weight excluding hydrogens is 359 g/mol. The Morgan fingerprint density at radius 2 is 1.84 bits per heavy atom. The number of hydrogen-bond acceptors (Lipinski definition) is 2. The maximum absolute atomic E-state index is 12.5. The molecule has 1 unspecified atom stereocenters. The van der Waals surface area contributed by atoms with Gasteiger partial charge in [-0.15, -0.1) is 0 Å². The summed E-state index contributed by atoms with van der Waals surface area (Å²) in [4.78, 5) is 26.3. The lowest BCUT2D eigenvalue weighted by Crippen LogP contribution is -2.45. The Bertz CT molecular complexity index is 793. The van der Waals surface area contributed by atoms with Gasteiger partial charge in [0.2, 0.25) is 5.91 Å². The van der Waals surface area contributed by atoms with Crippen molar-refractivity contribution in [2.75, 3.05) is 7.05 Å². The number of likely N-dealkylation sites (N-methyl/N-ethyl adjacent to an activating group) is 1. The summed E-state index contributed by atoms with van der Waals surface area (Å²) in [6.45, 7) is 3.96. The summed E-state index contributed by atoms with van der Waals surface area (Å²) in [6, 6.07) is 11.8. The van der Waals surface area contributed by atoms with Gasteiger partial charge in [-0.2, -0.15) is 0 Å². The van der Waals surface area contributed by atoms with Crippen molar-refractivity contribution in [3.63, 3.8) is 0 Å². The topological polar surface area (TPSA) is 49.4 Å². The van der Waals surface area contributed by atoms with Gasteiger partial charge in [-0.1, -0.05) is 47.0 Å². The van der Waals surface area contributed by atoms with Crippen LogP contribution in [0.2, 0.25) is 10.0 Å². The summed E-state index contributed by atoms with van der Waals surface area (Å²) >= 11 is 11.9. The van der Waals surface area contributed by atoms with Crippen LogP contribution >= 0.6 is 23.2 Å². The molecule has 0 radical (unpaired) electrons. The van der Waals surface area contributed by atoms with Crippen molar-refractivity contribution in [3.05, 3.63) is 69.2 Å². The monoisotopic (exact) mass is 378 g/mol. The quantitative estimate of drug-likeness (QED) is 0.851. The molecule has 6 heteroatoms. The molecule has 0 aromatic heterocycles. The molecule has 0 bridgehead atoms. The fraction of sp³-hybridized carbons (Fsp3) is 0.263. The summed E-state index contributed by atoms with van der Waals surface area (Å²) in [5, 5.41) is 3.65. The molecule has 2 aromatic carbocycles. The lowest BCUT2D eigenvalue weighted by molar-refractivity contribution is -0.132. The zero-order chi connectivity index (χ0) is 18.6. The van der Waals surface area contributed by atoms with Crippen molar-refractivity contribution in [1.29, 1.82) is 0 Å². The fourth-order valence-electron chi connectivity index (χ4n) is 2.45. The van der Waals surface area contributed by atoms with Crippen LogP contribution in [0.5, 0.6) is 0 Å². The molecule has 1 atom stereocenters. The van der Waals surface area contributed by atoms with Gasteiger partial charge >= 0.3 is 0 Å². The van der Waals surface area contributed by atoms with E-state index >= 15 is 0 Å². The zero-order valence-electron chi connectivity index (χ0n) is 14.3. The number of nitrogens with one attached hydrogen (secondary N) is 1. The fourth-order valence-corrected chi connectivity index (χ4v) is 2.77. The third-order valence-corrected chi connectivity index (χ3v) is 4.52. The highest BCUT2D eigenvalue weighted by atomic mass is 35.5. The molecule has 25 heavy (non-hydrogen) atoms. The van der Waals surface area contributed by atoms with E-state index in [2.05, 4.69) is 5.32 Å². The van der Waals surface area contributed by atoms with Crippen LogP contribution < -0.4 is 5.32 Å². The molecule has 2 aromatic rings. The molecule has 132 valence electrons. The predicted molar refractivity (Wildman–Crippen MR) is 101 cm³/mol. The van der Waals surface area contributed by atoms with Crippen molar-refractivity contribution in [2.45, 2.75) is 26.4 Å². The van der Waals surface area contributed by atoms with Crippen molar-refractivity contribution >= 4 is 35.0 Å². The second-order valence-corrected chi connectivity index (χ2v) is 6.82. The van der Waals surface area contributed by atoms with Crippen LogP contribution in [-0.2, 0) is 11.3 Å². The van der Waals surface area contributed by atoms with Crippen LogP contribution in [0.15, 0.2) is 42.5 Å². The highest BCUT2D eigenvalue weighted by molar-refractivity contribution is 6.42. The molecule has 0 aliphatic rings. The number of carbonyl (C=O) groups excluding carboxylic acids is 2. The van der Waals surface area contributed by atoms with Crippen LogP contribution in [0.3, 0.4) is 0 Å². The average Bonchev–Trinajstić information content (AvgIpc) is 2.57. The van der Waals surface area contributed by atoms with E-state index < -0.39 is 6.04 Å². The van der Waals surface area contributed by atoms with Crippen LogP contribution in [0, 0.1) is 6.92 Å². The molecule has 0 aliphatic heterocycles. The second-order valence-electron chi connectivity index (χ2n) is 6.01. The largest absolute Gasteiger partial charge is 0.341 e. The number of nitrogens with zero attached hydrogens (tertiary/aromatic N) is 1. The van der Waals surface area contributed by atoms with Gasteiger partial charge < -0.3 is 10.2 Å². The molecule has 0 fully saturated rings. The van der Waals surface area contributed by atoms with Gasteiger partial charge in [0, 0.05) is 19.2 Å². The first-order valence-electron chi connectivity index (χ1n) is 7.84. The molecule has 2 amide bonds. The predicted octanol–water partition coefficient (Wildman–Crippen LogP) is 4.08. The smallest absolute Gasteiger partial charge is 0.251 e. The Hall–Kier alpha value is -2.04. The SMILES string of the molecule is Cc1cccc(C(=O)NC(C)C(=O)N(C)Cc2ccc(Cl)c(Cl)c2)c1. The highest BCUT2D eigenvalue weighted by Crippen LogP contribution is 2.23. The highest BCUT2D eigenvalue weighted by Gasteiger charge is 2.20. The van der Waals surface area contributed by atoms with Gasteiger partial charge in [0.25, 0.3) is 5.91 Å². The maximum atomic E-state index is 12.5. The molecule has 0 aliphatic carbocycles. The molecule has 4 nitrogen and oxygen atoms in total. The van der Waals surface area contributed by atoms with E-state index in [-0.39, 0.29) is 11.8 Å². The summed E-state index contributed by atoms with van der Waals surface area (Å²) in [6.07, 6.45) is 0. The van der Waals surface area contributed by atoms with E-state index in [1.54, 1.807) is 43.1 Å². The summed E-state index contributed by atoms with van der Waals surface area (Å²) in [7, 11) is 1.68. The van der Waals surface area contributed by atoms with E-state index in [0.29, 0.717) is 22.2 Å². The lowest BCUT2D eigenvalue weighted by Gasteiger charge is -2.22. The Balaban J connectivity index is 1.98. The Morgan fingerprint density at radius 1 is 1.12 bits per heavy atom. The summed E-state index contributed by atoms with van der Waals surface area (Å²) in [5.41, 5.74) is 2.39. The Labute approximate surface area is 157 Å². The normalized spacial score (nSPS) is 11.7. The van der Waals surface area contributed by atoms with Crippen molar-refractivity contribution in [1.82, 2.24) is 10.2 Å². The third-order valence-electron chi connectivity index (χ3n) is 3.78. The molecule has 1 N–H and O–H groups in total. The van der Waals surface area contributed by atoms with Crippen molar-refractivity contribution in [2.24, 2.45) is 0 Å². The van der Waals surface area contributed by atoms with Crippen LogP contribution in [-0.4, -0.2) is 29.8 Å². The van der Waals surface area contributed by atoms with Crippen molar-refractivity contribution in [3.8, 4) is 0 Å². The van der Waals surface area contributed by atoms with E-state index in [1.165, 1.54) is 0 Å². The number of carbonyl (C=O) groups is 2. The lowest BCUT2D eigenvalue weighted by atomic mass is 10.1. The minimum Gasteiger partial charge on any atom is -0.341 e. The first-order valence-corrected chi connectivity index (χ1v) is 8.60. The molecule has 0 saturated carbocycles. The second kappa shape index (κ2) is 8.37. The maximum Gasteiger partial charge on any atom is 0.251 e. The number of benzene rings is 2. The summed E-state index contributed by atoms with van der Waals surface area (Å²) < 4.78 is 0. The van der Waals surface area contributed by atoms with Gasteiger partial charge in [-0.05, 0) is 43.7 Å². The number of rotatable bonds is 5. The molecule has 0 heterocycles. The first-order chi connectivity index (χ1) is 11.8. The van der Waals surface area contributed by atoms with Crippen molar-refractivity contribution < 1.29 is 9.59 Å². The average molecular weight is 379 g/mol. The van der Waals surface area contributed by atoms with Gasteiger partial charge in [0.05, 0.1) is 10.0 Å². The number of hydrogen-bond donors (Lipinski definition) is 1. The van der Waals surface area contributed by atoms with E-state index in [1.807, 2.05) is 25.1 Å². The first kappa shape index (κ1) is 19.3. The Morgan fingerprint density at radius 3 is 2.48 bits per heavy atom. The number of halogens is 2. The minimum absolute atomic E-state index is 0.188. The van der Waals surface area contributed by atoms with E-state index in [4.69, 9.17) is 23.2 Å². The van der Waals surface area contributed by atoms with Crippen LogP contribution in [0.4, 0.5) is 0 Å². The van der Waals surface area contributed by atoms with Crippen LogP contribution in [0.1, 0.15) is 28.4 Å². The summed E-state index contributed by atoms with van der Waals surface area (Å²) in [5.74, 6) is -0.459. The molecule has 0 saturated heterocycles. The van der Waals surface area contributed by atoms with Crippen LogP contribution in [0.25, 0.3) is 0 Å². The molecule has 2 rings (SSSR count). The molecule has 0 spiro atoms. The Kier molecular flexibility index (Phi) is 6.45.